The normalized spacial score (nSPS) is 12.0. The molecule has 0 fully saturated rings. The van der Waals surface area contributed by atoms with Gasteiger partial charge in [0, 0.05) is 0 Å². The van der Waals surface area contributed by atoms with Crippen LogP contribution in [-0.2, 0) is 4.79 Å². The second kappa shape index (κ2) is 7.32. The van der Waals surface area contributed by atoms with Gasteiger partial charge < -0.3 is 10.4 Å². The van der Waals surface area contributed by atoms with Gasteiger partial charge in [0.05, 0.1) is 35.3 Å². The molecular weight excluding hydrogens is 314 g/mol. The Morgan fingerprint density at radius 3 is 2.32 bits per heavy atom. The number of carbonyl (C=O) groups is 1. The molecule has 0 aliphatic rings. The lowest BCUT2D eigenvalue weighted by atomic mass is 10.1. The van der Waals surface area contributed by atoms with Crippen molar-refractivity contribution >= 4 is 11.6 Å². The van der Waals surface area contributed by atoms with E-state index in [1.165, 1.54) is 0 Å². The highest BCUT2D eigenvalue weighted by Gasteiger charge is 2.18. The van der Waals surface area contributed by atoms with Crippen molar-refractivity contribution in [2.24, 2.45) is 0 Å². The number of aliphatic hydroxyl groups is 1. The van der Waals surface area contributed by atoms with E-state index in [0.717, 1.165) is 22.6 Å². The van der Waals surface area contributed by atoms with Gasteiger partial charge in [0.1, 0.15) is 0 Å². The number of aliphatic hydroxyl groups excluding tert-OH is 1. The summed E-state index contributed by atoms with van der Waals surface area (Å²) in [6.07, 6.45) is -0.828. The molecule has 1 unspecified atom stereocenters. The second-order valence-corrected chi connectivity index (χ2v) is 5.97. The van der Waals surface area contributed by atoms with Crippen LogP contribution in [0.2, 0.25) is 0 Å². The smallest absolute Gasteiger partial charge is 0.227 e. The number of hydrogen-bond donors (Lipinski definition) is 2. The molecule has 25 heavy (non-hydrogen) atoms. The molecule has 3 rings (SSSR count). The number of aryl methyl sites for hydroxylation is 1. The first-order valence-corrected chi connectivity index (χ1v) is 8.20. The summed E-state index contributed by atoms with van der Waals surface area (Å²) in [6, 6.07) is 18.9. The highest BCUT2D eigenvalue weighted by molar-refractivity contribution is 5.92. The highest BCUT2D eigenvalue weighted by atomic mass is 16.3. The zero-order chi connectivity index (χ0) is 17.8. The summed E-state index contributed by atoms with van der Waals surface area (Å²) in [5, 5.41) is 17.6. The van der Waals surface area contributed by atoms with E-state index in [9.17, 15) is 9.90 Å². The second-order valence-electron chi connectivity index (χ2n) is 5.97. The minimum atomic E-state index is -0.828. The molecule has 0 aliphatic heterocycles. The molecule has 0 radical (unpaired) electrons. The number of aromatic nitrogens is 2. The topological polar surface area (TPSA) is 67.2 Å². The third kappa shape index (κ3) is 3.78. The molecule has 5 nitrogen and oxygen atoms in total. The lowest BCUT2D eigenvalue weighted by Gasteiger charge is -2.11. The largest absolute Gasteiger partial charge is 0.388 e. The minimum absolute atomic E-state index is 0.000585. The van der Waals surface area contributed by atoms with Crippen molar-refractivity contribution < 1.29 is 9.90 Å². The quantitative estimate of drug-likeness (QED) is 0.749. The number of benzene rings is 2. The first-order valence-electron chi connectivity index (χ1n) is 8.20. The average molecular weight is 335 g/mol. The van der Waals surface area contributed by atoms with E-state index in [-0.39, 0.29) is 12.3 Å². The van der Waals surface area contributed by atoms with Crippen LogP contribution in [0.4, 0.5) is 5.69 Å². The van der Waals surface area contributed by atoms with Gasteiger partial charge in [-0.25, -0.2) is 4.68 Å². The van der Waals surface area contributed by atoms with Crippen molar-refractivity contribution in [1.29, 1.82) is 0 Å². The lowest BCUT2D eigenvalue weighted by molar-refractivity contribution is -0.118. The molecule has 0 spiro atoms. The molecule has 5 heteroatoms. The van der Waals surface area contributed by atoms with Crippen molar-refractivity contribution in [3.8, 4) is 5.69 Å². The first-order chi connectivity index (χ1) is 12.1. The monoisotopic (exact) mass is 335 g/mol. The number of nitrogens with one attached hydrogen (secondary N) is 1. The summed E-state index contributed by atoms with van der Waals surface area (Å²) in [5.74, 6) is -0.241. The van der Waals surface area contributed by atoms with Crippen molar-refractivity contribution in [3.05, 3.63) is 77.6 Å². The fourth-order valence-electron chi connectivity index (χ4n) is 2.80. The zero-order valence-electron chi connectivity index (χ0n) is 14.3. The van der Waals surface area contributed by atoms with Gasteiger partial charge in [-0.05, 0) is 31.5 Å². The van der Waals surface area contributed by atoms with E-state index in [0.29, 0.717) is 5.69 Å². The number of rotatable bonds is 5. The molecule has 3 aromatic rings. The number of nitrogens with zero attached hydrogens (tertiary/aromatic N) is 2. The summed E-state index contributed by atoms with van der Waals surface area (Å²) < 4.78 is 1.80. The van der Waals surface area contributed by atoms with E-state index in [4.69, 9.17) is 0 Å². The Hall–Kier alpha value is -2.92. The van der Waals surface area contributed by atoms with E-state index < -0.39 is 6.10 Å². The van der Waals surface area contributed by atoms with Gasteiger partial charge in [-0.3, -0.25) is 4.79 Å². The molecule has 2 aromatic carbocycles. The highest BCUT2D eigenvalue weighted by Crippen LogP contribution is 2.24. The third-order valence-corrected chi connectivity index (χ3v) is 4.12. The van der Waals surface area contributed by atoms with Gasteiger partial charge in [-0.15, -0.1) is 0 Å². The van der Waals surface area contributed by atoms with Gasteiger partial charge in [0.2, 0.25) is 5.91 Å². The Balaban J connectivity index is 1.75. The van der Waals surface area contributed by atoms with E-state index in [1.54, 1.807) is 4.68 Å². The van der Waals surface area contributed by atoms with Crippen LogP contribution in [0, 0.1) is 13.8 Å². The van der Waals surface area contributed by atoms with E-state index >= 15 is 0 Å². The molecule has 1 atom stereocenters. The predicted octanol–water partition coefficient (Wildman–Crippen LogP) is 3.55. The fraction of sp³-hybridized carbons (Fsp3) is 0.200. The van der Waals surface area contributed by atoms with Gasteiger partial charge >= 0.3 is 0 Å². The molecule has 0 aliphatic carbocycles. The molecule has 128 valence electrons. The van der Waals surface area contributed by atoms with Crippen LogP contribution in [0.25, 0.3) is 5.69 Å². The molecular formula is C20H21N3O2. The fourth-order valence-corrected chi connectivity index (χ4v) is 2.80. The average Bonchev–Trinajstić information content (AvgIpc) is 2.91. The number of carbonyl (C=O) groups excluding carboxylic acids is 1. The number of hydrogen-bond acceptors (Lipinski definition) is 3. The van der Waals surface area contributed by atoms with Crippen LogP contribution in [-0.4, -0.2) is 20.8 Å². The van der Waals surface area contributed by atoms with Gasteiger partial charge in [0.15, 0.2) is 0 Å². The number of para-hydroxylation sites is 1. The maximum Gasteiger partial charge on any atom is 0.227 e. The van der Waals surface area contributed by atoms with E-state index in [2.05, 4.69) is 10.4 Å². The molecule has 1 heterocycles. The van der Waals surface area contributed by atoms with Gasteiger partial charge in [0.25, 0.3) is 0 Å². The summed E-state index contributed by atoms with van der Waals surface area (Å²) >= 11 is 0. The molecule has 0 saturated carbocycles. The van der Waals surface area contributed by atoms with Crippen molar-refractivity contribution in [1.82, 2.24) is 9.78 Å². The minimum Gasteiger partial charge on any atom is -0.388 e. The number of amides is 1. The molecule has 0 bridgehead atoms. The van der Waals surface area contributed by atoms with Crippen molar-refractivity contribution in [2.45, 2.75) is 26.4 Å². The Morgan fingerprint density at radius 1 is 1.08 bits per heavy atom. The lowest BCUT2D eigenvalue weighted by Crippen LogP contribution is -2.16. The SMILES string of the molecule is Cc1nn(-c2ccccc2)c(C)c1NC(=O)CC(O)c1ccccc1. The molecule has 0 saturated heterocycles. The maximum atomic E-state index is 12.3. The molecule has 1 amide bonds. The predicted molar refractivity (Wildman–Crippen MR) is 97.7 cm³/mol. The summed E-state index contributed by atoms with van der Waals surface area (Å²) in [7, 11) is 0. The van der Waals surface area contributed by atoms with Crippen LogP contribution >= 0.6 is 0 Å². The van der Waals surface area contributed by atoms with E-state index in [1.807, 2.05) is 74.5 Å². The van der Waals surface area contributed by atoms with Crippen LogP contribution in [0.15, 0.2) is 60.7 Å². The number of anilines is 1. The van der Waals surface area contributed by atoms with Gasteiger partial charge in [-0.1, -0.05) is 48.5 Å². The van der Waals surface area contributed by atoms with Gasteiger partial charge in [-0.2, -0.15) is 5.10 Å². The Bertz CT molecular complexity index is 857. The maximum absolute atomic E-state index is 12.3. The Morgan fingerprint density at radius 2 is 1.68 bits per heavy atom. The van der Waals surface area contributed by atoms with Crippen LogP contribution < -0.4 is 5.32 Å². The van der Waals surface area contributed by atoms with Crippen LogP contribution in [0.1, 0.15) is 29.5 Å². The van der Waals surface area contributed by atoms with Crippen molar-refractivity contribution in [2.75, 3.05) is 5.32 Å². The Kier molecular flexibility index (Phi) is 4.95. The van der Waals surface area contributed by atoms with Crippen LogP contribution in [0.3, 0.4) is 0 Å². The summed E-state index contributed by atoms with van der Waals surface area (Å²) in [4.78, 5) is 12.3. The summed E-state index contributed by atoms with van der Waals surface area (Å²) in [6.45, 7) is 3.77. The summed E-state index contributed by atoms with van der Waals surface area (Å²) in [5.41, 5.74) is 3.95. The zero-order valence-corrected chi connectivity index (χ0v) is 14.3. The third-order valence-electron chi connectivity index (χ3n) is 4.12. The van der Waals surface area contributed by atoms with Crippen molar-refractivity contribution in [3.63, 3.8) is 0 Å². The van der Waals surface area contributed by atoms with Crippen LogP contribution in [0.5, 0.6) is 0 Å². The Labute approximate surface area is 146 Å². The standard InChI is InChI=1S/C20H21N3O2/c1-14-20(15(2)23(22-14)17-11-7-4-8-12-17)21-19(25)13-18(24)16-9-5-3-6-10-16/h3-12,18,24H,13H2,1-2H3,(H,21,25). The first kappa shape index (κ1) is 16.9. The molecule has 1 aromatic heterocycles. The molecule has 2 N–H and O–H groups in total.